The van der Waals surface area contributed by atoms with Gasteiger partial charge in [-0.2, -0.15) is 0 Å². The molecule has 0 atom stereocenters. The van der Waals surface area contributed by atoms with Crippen LogP contribution in [0.3, 0.4) is 0 Å². The first-order valence-electron chi connectivity index (χ1n) is 6.78. The van der Waals surface area contributed by atoms with Gasteiger partial charge in [-0.05, 0) is 17.2 Å². The van der Waals surface area contributed by atoms with Crippen molar-refractivity contribution in [1.82, 2.24) is 4.90 Å². The Morgan fingerprint density at radius 1 is 1.23 bits per heavy atom. The number of hydrogen-bond donors (Lipinski definition) is 2. The number of carbonyl (C=O) groups is 1. The molecule has 0 bridgehead atoms. The number of carbonyl (C=O) groups excluding carboxylic acids is 1. The smallest absolute Gasteiger partial charge is 0.437 e. The highest BCUT2D eigenvalue weighted by atomic mass is 16.5. The van der Waals surface area contributed by atoms with Crippen molar-refractivity contribution in [3.05, 3.63) is 72.1 Å². The molecule has 0 radical (unpaired) electrons. The summed E-state index contributed by atoms with van der Waals surface area (Å²) in [5.41, 5.74) is 13.2. The first-order valence-corrected chi connectivity index (χ1v) is 6.78. The zero-order chi connectivity index (χ0) is 15.8. The molecular formula is C16H18N4O2. The SMILES string of the molecule is NCC1=CN(C(N)=NC(=O)OCc2ccccc2)C=CC=C1. The van der Waals surface area contributed by atoms with Crippen LogP contribution in [0.2, 0.25) is 0 Å². The van der Waals surface area contributed by atoms with Gasteiger partial charge in [-0.1, -0.05) is 42.5 Å². The van der Waals surface area contributed by atoms with Gasteiger partial charge >= 0.3 is 6.09 Å². The Balaban J connectivity index is 1.97. The maximum Gasteiger partial charge on any atom is 0.437 e. The van der Waals surface area contributed by atoms with Crippen molar-refractivity contribution >= 4 is 12.1 Å². The summed E-state index contributed by atoms with van der Waals surface area (Å²) >= 11 is 0. The minimum Gasteiger partial charge on any atom is -0.443 e. The zero-order valence-electron chi connectivity index (χ0n) is 12.1. The third-order valence-electron chi connectivity index (χ3n) is 2.88. The number of rotatable bonds is 3. The molecule has 0 aliphatic carbocycles. The lowest BCUT2D eigenvalue weighted by Gasteiger charge is -2.14. The zero-order valence-corrected chi connectivity index (χ0v) is 12.1. The average Bonchev–Trinajstić information content (AvgIpc) is 2.79. The van der Waals surface area contributed by atoms with Gasteiger partial charge in [-0.3, -0.25) is 4.90 Å². The van der Waals surface area contributed by atoms with Gasteiger partial charge in [0.2, 0.25) is 5.96 Å². The van der Waals surface area contributed by atoms with Crippen molar-refractivity contribution in [3.63, 3.8) is 0 Å². The molecule has 0 unspecified atom stereocenters. The Bertz CT molecular complexity index is 633. The van der Waals surface area contributed by atoms with Crippen LogP contribution < -0.4 is 11.5 Å². The van der Waals surface area contributed by atoms with Crippen LogP contribution in [0.25, 0.3) is 0 Å². The van der Waals surface area contributed by atoms with Gasteiger partial charge in [0.05, 0.1) is 0 Å². The van der Waals surface area contributed by atoms with E-state index in [0.717, 1.165) is 11.1 Å². The molecule has 0 saturated carbocycles. The largest absolute Gasteiger partial charge is 0.443 e. The van der Waals surface area contributed by atoms with E-state index < -0.39 is 6.09 Å². The lowest BCUT2D eigenvalue weighted by atomic mass is 10.2. The summed E-state index contributed by atoms with van der Waals surface area (Å²) in [5.74, 6) is 0.0176. The second-order valence-electron chi connectivity index (χ2n) is 4.53. The number of allylic oxidation sites excluding steroid dienone is 2. The summed E-state index contributed by atoms with van der Waals surface area (Å²) in [7, 11) is 0. The molecule has 0 aromatic heterocycles. The van der Waals surface area contributed by atoms with E-state index >= 15 is 0 Å². The van der Waals surface area contributed by atoms with Crippen molar-refractivity contribution in [2.45, 2.75) is 6.61 Å². The molecule has 1 aliphatic rings. The van der Waals surface area contributed by atoms with E-state index in [-0.39, 0.29) is 12.6 Å². The summed E-state index contributed by atoms with van der Waals surface area (Å²) < 4.78 is 5.06. The summed E-state index contributed by atoms with van der Waals surface area (Å²) in [4.78, 5) is 16.9. The number of benzene rings is 1. The molecular weight excluding hydrogens is 280 g/mol. The molecule has 1 amide bonds. The molecule has 22 heavy (non-hydrogen) atoms. The Morgan fingerprint density at radius 2 is 2.00 bits per heavy atom. The van der Waals surface area contributed by atoms with E-state index in [1.165, 1.54) is 4.90 Å². The highest BCUT2D eigenvalue weighted by Gasteiger charge is 2.08. The predicted octanol–water partition coefficient (Wildman–Crippen LogP) is 1.87. The van der Waals surface area contributed by atoms with E-state index in [0.29, 0.717) is 6.54 Å². The van der Waals surface area contributed by atoms with Gasteiger partial charge in [0.25, 0.3) is 0 Å². The third kappa shape index (κ3) is 4.60. The summed E-state index contributed by atoms with van der Waals surface area (Å²) in [6.07, 6.45) is 8.12. The van der Waals surface area contributed by atoms with Gasteiger partial charge in [-0.15, -0.1) is 4.99 Å². The first kappa shape index (κ1) is 15.5. The van der Waals surface area contributed by atoms with Crippen molar-refractivity contribution < 1.29 is 9.53 Å². The maximum absolute atomic E-state index is 11.7. The summed E-state index contributed by atoms with van der Waals surface area (Å²) in [5, 5.41) is 0. The number of aliphatic imine (C=N–C) groups is 1. The topological polar surface area (TPSA) is 93.9 Å². The molecule has 1 aromatic carbocycles. The highest BCUT2D eigenvalue weighted by Crippen LogP contribution is 2.06. The van der Waals surface area contributed by atoms with Crippen molar-refractivity contribution in [2.75, 3.05) is 6.54 Å². The minimum absolute atomic E-state index is 0.0176. The van der Waals surface area contributed by atoms with Crippen LogP contribution in [-0.2, 0) is 11.3 Å². The van der Waals surface area contributed by atoms with Gasteiger partial charge < -0.3 is 16.2 Å². The summed E-state index contributed by atoms with van der Waals surface area (Å²) in [6.45, 7) is 0.512. The van der Waals surface area contributed by atoms with Crippen LogP contribution in [0.15, 0.2) is 71.5 Å². The van der Waals surface area contributed by atoms with Crippen molar-refractivity contribution in [2.24, 2.45) is 16.5 Å². The number of amides is 1. The van der Waals surface area contributed by atoms with Crippen molar-refractivity contribution in [3.8, 4) is 0 Å². The van der Waals surface area contributed by atoms with Gasteiger partial charge in [-0.25, -0.2) is 4.79 Å². The third-order valence-corrected chi connectivity index (χ3v) is 2.88. The number of guanidine groups is 1. The van der Waals surface area contributed by atoms with E-state index in [1.54, 1.807) is 18.5 Å². The highest BCUT2D eigenvalue weighted by molar-refractivity contribution is 5.90. The quantitative estimate of drug-likeness (QED) is 0.656. The van der Waals surface area contributed by atoms with Crippen LogP contribution in [0.1, 0.15) is 5.56 Å². The molecule has 114 valence electrons. The van der Waals surface area contributed by atoms with Crippen LogP contribution >= 0.6 is 0 Å². The molecule has 0 fully saturated rings. The second kappa shape index (κ2) is 7.80. The van der Waals surface area contributed by atoms with Gasteiger partial charge in [0.1, 0.15) is 6.61 Å². The van der Waals surface area contributed by atoms with Crippen LogP contribution in [-0.4, -0.2) is 23.5 Å². The normalized spacial score (nSPS) is 14.5. The standard InChI is InChI=1S/C16H18N4O2/c17-10-14-8-4-5-9-20(11-14)15(18)19-16(21)22-12-13-6-2-1-3-7-13/h1-9,11H,10,12,17H2,(H2,18,19,21). The van der Waals surface area contributed by atoms with Crippen LogP contribution in [0.5, 0.6) is 0 Å². The molecule has 2 rings (SSSR count). The summed E-state index contributed by atoms with van der Waals surface area (Å²) in [6, 6.07) is 9.35. The number of hydrogen-bond acceptors (Lipinski definition) is 3. The minimum atomic E-state index is -0.741. The predicted molar refractivity (Wildman–Crippen MR) is 85.5 cm³/mol. The second-order valence-corrected chi connectivity index (χ2v) is 4.53. The molecule has 4 N–H and O–H groups in total. The molecule has 1 aliphatic heterocycles. The Labute approximate surface area is 129 Å². The fraction of sp³-hybridized carbons (Fsp3) is 0.125. The van der Waals surface area contributed by atoms with Crippen LogP contribution in [0.4, 0.5) is 4.79 Å². The fourth-order valence-electron chi connectivity index (χ4n) is 1.75. The van der Waals surface area contributed by atoms with E-state index in [2.05, 4.69) is 4.99 Å². The maximum atomic E-state index is 11.7. The molecule has 1 heterocycles. The Hall–Kier alpha value is -2.86. The first-order chi connectivity index (χ1) is 10.7. The van der Waals surface area contributed by atoms with Crippen LogP contribution in [0, 0.1) is 0 Å². The van der Waals surface area contributed by atoms with Gasteiger partial charge in [0, 0.05) is 18.9 Å². The number of ether oxygens (including phenoxy) is 1. The lowest BCUT2D eigenvalue weighted by Crippen LogP contribution is -2.30. The molecule has 0 saturated heterocycles. The van der Waals surface area contributed by atoms with Gasteiger partial charge in [0.15, 0.2) is 0 Å². The van der Waals surface area contributed by atoms with E-state index in [9.17, 15) is 4.79 Å². The molecule has 6 nitrogen and oxygen atoms in total. The lowest BCUT2D eigenvalue weighted by molar-refractivity contribution is 0.150. The molecule has 0 spiro atoms. The van der Waals surface area contributed by atoms with E-state index in [1.807, 2.05) is 42.5 Å². The van der Waals surface area contributed by atoms with E-state index in [4.69, 9.17) is 16.2 Å². The Morgan fingerprint density at radius 3 is 2.73 bits per heavy atom. The molecule has 1 aromatic rings. The molecule has 6 heteroatoms. The Kier molecular flexibility index (Phi) is 5.50. The monoisotopic (exact) mass is 298 g/mol. The number of nitrogens with zero attached hydrogens (tertiary/aromatic N) is 2. The fourth-order valence-corrected chi connectivity index (χ4v) is 1.75. The average molecular weight is 298 g/mol. The van der Waals surface area contributed by atoms with Crippen molar-refractivity contribution in [1.29, 1.82) is 0 Å². The number of nitrogens with two attached hydrogens (primary N) is 2.